The summed E-state index contributed by atoms with van der Waals surface area (Å²) in [7, 11) is 0. The highest BCUT2D eigenvalue weighted by Gasteiger charge is 2.48. The minimum absolute atomic E-state index is 0.0194. The number of halogens is 6. The van der Waals surface area contributed by atoms with Crippen LogP contribution in [0.1, 0.15) is 30.5 Å². The second-order valence-electron chi connectivity index (χ2n) is 6.55. The molecule has 0 spiro atoms. The number of hydrogen-bond donors (Lipinski definition) is 2. The van der Waals surface area contributed by atoms with Gasteiger partial charge in [0, 0.05) is 13.1 Å². The van der Waals surface area contributed by atoms with E-state index in [9.17, 15) is 35.9 Å². The van der Waals surface area contributed by atoms with Gasteiger partial charge in [-0.1, -0.05) is 18.2 Å². The van der Waals surface area contributed by atoms with Gasteiger partial charge >= 0.3 is 24.4 Å². The van der Waals surface area contributed by atoms with Gasteiger partial charge in [-0.25, -0.2) is 4.79 Å². The number of benzene rings is 1. The van der Waals surface area contributed by atoms with E-state index in [1.165, 1.54) is 6.92 Å². The molecule has 150 valence electrons. The van der Waals surface area contributed by atoms with Gasteiger partial charge in [-0.2, -0.15) is 26.3 Å². The number of nitrogens with zero attached hydrogens (tertiary/aromatic N) is 1. The van der Waals surface area contributed by atoms with E-state index in [4.69, 9.17) is 5.11 Å². The number of carboxylic acids is 1. The average molecular weight is 398 g/mol. The standard InChI is InChI=1S/C16H16F6N2O3/c1-14(12(25)26)6-7-24(8-14)13(27)23-11(16(20,21)22)9-4-2-3-5-10(9)15(17,18)19/h2-5,11H,6-8H2,1H3,(H,23,27)(H,25,26). The molecule has 1 aromatic carbocycles. The summed E-state index contributed by atoms with van der Waals surface area (Å²) in [5.74, 6) is -1.22. The van der Waals surface area contributed by atoms with Gasteiger partial charge in [-0.05, 0) is 25.0 Å². The molecule has 1 saturated heterocycles. The normalized spacial score (nSPS) is 21.8. The molecule has 0 aliphatic carbocycles. The zero-order valence-corrected chi connectivity index (χ0v) is 14.0. The summed E-state index contributed by atoms with van der Waals surface area (Å²) >= 11 is 0. The van der Waals surface area contributed by atoms with E-state index in [0.717, 1.165) is 17.0 Å². The molecule has 0 saturated carbocycles. The van der Waals surface area contributed by atoms with Crippen LogP contribution in [0.15, 0.2) is 24.3 Å². The molecule has 0 bridgehead atoms. The highest BCUT2D eigenvalue weighted by Crippen LogP contribution is 2.40. The molecule has 5 nitrogen and oxygen atoms in total. The van der Waals surface area contributed by atoms with Crippen LogP contribution in [0.25, 0.3) is 0 Å². The maximum absolute atomic E-state index is 13.4. The smallest absolute Gasteiger partial charge is 0.416 e. The molecule has 2 amide bonds. The fourth-order valence-corrected chi connectivity index (χ4v) is 2.87. The molecule has 1 aliphatic heterocycles. The lowest BCUT2D eigenvalue weighted by molar-refractivity contribution is -0.161. The average Bonchev–Trinajstić information content (AvgIpc) is 2.94. The van der Waals surface area contributed by atoms with Crippen molar-refractivity contribution >= 4 is 12.0 Å². The van der Waals surface area contributed by atoms with Crippen LogP contribution in [0.2, 0.25) is 0 Å². The predicted octanol–water partition coefficient (Wildman–Crippen LogP) is 3.82. The summed E-state index contributed by atoms with van der Waals surface area (Å²) in [5, 5.41) is 10.7. The Bertz CT molecular complexity index is 734. The number of carbonyl (C=O) groups excluding carboxylic acids is 1. The van der Waals surface area contributed by atoms with E-state index in [1.54, 1.807) is 5.32 Å². The van der Waals surface area contributed by atoms with E-state index in [2.05, 4.69) is 0 Å². The Hall–Kier alpha value is -2.46. The van der Waals surface area contributed by atoms with Crippen LogP contribution in [0, 0.1) is 5.41 Å². The molecule has 1 fully saturated rings. The molecule has 0 radical (unpaired) electrons. The van der Waals surface area contributed by atoms with Gasteiger partial charge in [0.1, 0.15) is 0 Å². The first kappa shape index (κ1) is 20.8. The van der Waals surface area contributed by atoms with Crippen molar-refractivity contribution < 1.29 is 41.0 Å². The second kappa shape index (κ2) is 6.93. The fourth-order valence-electron chi connectivity index (χ4n) is 2.87. The van der Waals surface area contributed by atoms with Gasteiger partial charge in [0.15, 0.2) is 6.04 Å². The Morgan fingerprint density at radius 2 is 1.78 bits per heavy atom. The van der Waals surface area contributed by atoms with Gasteiger partial charge in [0.25, 0.3) is 0 Å². The molecule has 27 heavy (non-hydrogen) atoms. The van der Waals surface area contributed by atoms with Crippen LogP contribution in [0.4, 0.5) is 31.1 Å². The lowest BCUT2D eigenvalue weighted by Crippen LogP contribution is -2.46. The van der Waals surface area contributed by atoms with Crippen LogP contribution in [-0.2, 0) is 11.0 Å². The van der Waals surface area contributed by atoms with Crippen molar-refractivity contribution in [1.29, 1.82) is 0 Å². The zero-order chi connectivity index (χ0) is 20.6. The summed E-state index contributed by atoms with van der Waals surface area (Å²) in [5.41, 5.74) is -3.97. The Morgan fingerprint density at radius 1 is 1.19 bits per heavy atom. The summed E-state index contributed by atoms with van der Waals surface area (Å²) < 4.78 is 79.4. The van der Waals surface area contributed by atoms with Gasteiger partial charge in [0.05, 0.1) is 11.0 Å². The largest absolute Gasteiger partial charge is 0.481 e. The second-order valence-corrected chi connectivity index (χ2v) is 6.55. The monoisotopic (exact) mass is 398 g/mol. The molecule has 11 heteroatoms. The first-order valence-electron chi connectivity index (χ1n) is 7.77. The van der Waals surface area contributed by atoms with E-state index in [0.29, 0.717) is 12.1 Å². The number of likely N-dealkylation sites (tertiary alicyclic amines) is 1. The molecule has 2 unspecified atom stereocenters. The van der Waals surface area contributed by atoms with Gasteiger partial charge in [0.2, 0.25) is 0 Å². The van der Waals surface area contributed by atoms with Crippen molar-refractivity contribution in [2.45, 2.75) is 31.7 Å². The number of urea groups is 1. The van der Waals surface area contributed by atoms with Crippen LogP contribution in [-0.4, -0.2) is 41.3 Å². The number of nitrogens with one attached hydrogen (secondary N) is 1. The number of carbonyl (C=O) groups is 2. The van der Waals surface area contributed by atoms with Crippen LogP contribution in [0.3, 0.4) is 0 Å². The lowest BCUT2D eigenvalue weighted by Gasteiger charge is -2.28. The van der Waals surface area contributed by atoms with Crippen molar-refractivity contribution in [2.24, 2.45) is 5.41 Å². The number of hydrogen-bond acceptors (Lipinski definition) is 2. The highest BCUT2D eigenvalue weighted by atomic mass is 19.4. The van der Waals surface area contributed by atoms with E-state index in [-0.39, 0.29) is 19.5 Å². The molecular weight excluding hydrogens is 382 g/mol. The first-order chi connectivity index (χ1) is 12.3. The van der Waals surface area contributed by atoms with E-state index >= 15 is 0 Å². The summed E-state index contributed by atoms with van der Waals surface area (Å²) in [6.45, 7) is 0.864. The minimum atomic E-state index is -5.19. The Labute approximate surface area is 149 Å². The number of alkyl halides is 6. The molecular formula is C16H16F6N2O3. The molecule has 1 aliphatic rings. The third kappa shape index (κ3) is 4.45. The Morgan fingerprint density at radius 3 is 2.26 bits per heavy atom. The third-order valence-electron chi connectivity index (χ3n) is 4.45. The van der Waals surface area contributed by atoms with Gasteiger partial charge in [-0.3, -0.25) is 4.79 Å². The van der Waals surface area contributed by atoms with Crippen LogP contribution < -0.4 is 5.32 Å². The molecule has 2 rings (SSSR count). The summed E-state index contributed by atoms with van der Waals surface area (Å²) in [6.07, 6.45) is -10.2. The maximum atomic E-state index is 13.4. The maximum Gasteiger partial charge on any atom is 0.416 e. The van der Waals surface area contributed by atoms with Crippen molar-refractivity contribution in [1.82, 2.24) is 10.2 Å². The van der Waals surface area contributed by atoms with Crippen molar-refractivity contribution in [3.05, 3.63) is 35.4 Å². The van der Waals surface area contributed by atoms with Crippen molar-refractivity contribution in [3.63, 3.8) is 0 Å². The van der Waals surface area contributed by atoms with Crippen molar-refractivity contribution in [3.8, 4) is 0 Å². The number of aliphatic carboxylic acids is 1. The fraction of sp³-hybridized carbons (Fsp3) is 0.500. The predicted molar refractivity (Wildman–Crippen MR) is 80.7 cm³/mol. The molecule has 2 N–H and O–H groups in total. The molecule has 2 atom stereocenters. The molecule has 0 aromatic heterocycles. The number of carboxylic acid groups (broad SMARTS) is 1. The molecule has 1 aromatic rings. The van der Waals surface area contributed by atoms with Crippen molar-refractivity contribution in [2.75, 3.05) is 13.1 Å². The first-order valence-corrected chi connectivity index (χ1v) is 7.77. The topological polar surface area (TPSA) is 69.6 Å². The zero-order valence-electron chi connectivity index (χ0n) is 14.0. The SMILES string of the molecule is CC1(C(=O)O)CCN(C(=O)NC(c2ccccc2C(F)(F)F)C(F)(F)F)C1. The van der Waals surface area contributed by atoms with Crippen LogP contribution in [0.5, 0.6) is 0 Å². The quantitative estimate of drug-likeness (QED) is 0.761. The number of amides is 2. The van der Waals surface area contributed by atoms with E-state index < -0.39 is 46.9 Å². The summed E-state index contributed by atoms with van der Waals surface area (Å²) in [6, 6.07) is -1.07. The highest BCUT2D eigenvalue weighted by molar-refractivity contribution is 5.79. The molecule has 1 heterocycles. The summed E-state index contributed by atoms with van der Waals surface area (Å²) in [4.78, 5) is 24.2. The Kier molecular flexibility index (Phi) is 5.35. The Balaban J connectivity index is 2.31. The van der Waals surface area contributed by atoms with Gasteiger partial charge in [-0.15, -0.1) is 0 Å². The minimum Gasteiger partial charge on any atom is -0.481 e. The van der Waals surface area contributed by atoms with Gasteiger partial charge < -0.3 is 15.3 Å². The lowest BCUT2D eigenvalue weighted by atomic mass is 9.90. The number of rotatable bonds is 3. The third-order valence-corrected chi connectivity index (χ3v) is 4.45. The van der Waals surface area contributed by atoms with Crippen LogP contribution >= 0.6 is 0 Å². The van der Waals surface area contributed by atoms with E-state index in [1.807, 2.05) is 0 Å².